The highest BCUT2D eigenvalue weighted by molar-refractivity contribution is 9.10. The molecule has 1 aromatic carbocycles. The Morgan fingerprint density at radius 3 is 2.89 bits per heavy atom. The van der Waals surface area contributed by atoms with Gasteiger partial charge in [0.25, 0.3) is 5.56 Å². The average Bonchev–Trinajstić information content (AvgIpc) is 2.33. The van der Waals surface area contributed by atoms with Crippen molar-refractivity contribution in [3.05, 3.63) is 45.2 Å². The smallest absolute Gasteiger partial charge is 0.262 e. The second kappa shape index (κ2) is 5.28. The number of aromatic nitrogens is 2. The van der Waals surface area contributed by atoms with Gasteiger partial charge in [0.2, 0.25) is 0 Å². The van der Waals surface area contributed by atoms with Gasteiger partial charge in [-0.15, -0.1) is 0 Å². The van der Waals surface area contributed by atoms with Gasteiger partial charge in [-0.3, -0.25) is 9.36 Å². The standard InChI is InChI=1S/C13H13BrN2OS/c1-8(2)7-16-12(17)10-6-9(14)4-5-11(10)15-13(16)18-3/h4-6H,1,7H2,2-3H3. The lowest BCUT2D eigenvalue weighted by atomic mass is 10.2. The largest absolute Gasteiger partial charge is 0.283 e. The van der Waals surface area contributed by atoms with Crippen molar-refractivity contribution in [2.24, 2.45) is 0 Å². The lowest BCUT2D eigenvalue weighted by Gasteiger charge is -2.11. The molecule has 0 bridgehead atoms. The van der Waals surface area contributed by atoms with Gasteiger partial charge in [-0.05, 0) is 31.4 Å². The summed E-state index contributed by atoms with van der Waals surface area (Å²) in [5.74, 6) is 0. The van der Waals surface area contributed by atoms with Crippen LogP contribution in [0.25, 0.3) is 10.9 Å². The second-order valence-corrected chi connectivity index (χ2v) is 5.80. The first-order valence-corrected chi connectivity index (χ1v) is 7.43. The molecule has 0 amide bonds. The summed E-state index contributed by atoms with van der Waals surface area (Å²) in [6, 6.07) is 5.55. The minimum atomic E-state index is -0.0198. The third kappa shape index (κ3) is 2.52. The molecule has 2 rings (SSSR count). The molecule has 1 heterocycles. The zero-order valence-corrected chi connectivity index (χ0v) is 12.6. The van der Waals surface area contributed by atoms with Crippen LogP contribution in [0.2, 0.25) is 0 Å². The molecule has 2 aromatic rings. The van der Waals surface area contributed by atoms with E-state index in [1.807, 2.05) is 31.4 Å². The van der Waals surface area contributed by atoms with E-state index in [0.717, 1.165) is 20.7 Å². The maximum atomic E-state index is 12.4. The number of hydrogen-bond donors (Lipinski definition) is 0. The Bertz CT molecular complexity index is 678. The van der Waals surface area contributed by atoms with Crippen LogP contribution in [0.1, 0.15) is 6.92 Å². The summed E-state index contributed by atoms with van der Waals surface area (Å²) in [6.07, 6.45) is 1.92. The molecule has 0 radical (unpaired) electrons. The van der Waals surface area contributed by atoms with Crippen molar-refractivity contribution in [1.29, 1.82) is 0 Å². The van der Waals surface area contributed by atoms with Crippen LogP contribution in [0.5, 0.6) is 0 Å². The molecule has 0 N–H and O–H groups in total. The van der Waals surface area contributed by atoms with Crippen molar-refractivity contribution in [3.8, 4) is 0 Å². The zero-order chi connectivity index (χ0) is 13.3. The molecular weight excluding hydrogens is 312 g/mol. The molecule has 0 aliphatic rings. The van der Waals surface area contributed by atoms with Crippen LogP contribution in [0.3, 0.4) is 0 Å². The van der Waals surface area contributed by atoms with E-state index >= 15 is 0 Å². The third-order valence-corrected chi connectivity index (χ3v) is 3.66. The molecule has 0 unspecified atom stereocenters. The van der Waals surface area contributed by atoms with E-state index in [1.54, 1.807) is 4.57 Å². The second-order valence-electron chi connectivity index (χ2n) is 4.11. The quantitative estimate of drug-likeness (QED) is 0.492. The summed E-state index contributed by atoms with van der Waals surface area (Å²) < 4.78 is 2.55. The van der Waals surface area contributed by atoms with E-state index in [2.05, 4.69) is 27.5 Å². The maximum Gasteiger partial charge on any atom is 0.262 e. The topological polar surface area (TPSA) is 34.9 Å². The van der Waals surface area contributed by atoms with Crippen LogP contribution in [-0.2, 0) is 6.54 Å². The van der Waals surface area contributed by atoms with Crippen LogP contribution in [0.15, 0.2) is 44.8 Å². The molecule has 3 nitrogen and oxygen atoms in total. The number of hydrogen-bond acceptors (Lipinski definition) is 3. The van der Waals surface area contributed by atoms with Crippen LogP contribution < -0.4 is 5.56 Å². The minimum Gasteiger partial charge on any atom is -0.283 e. The Hall–Kier alpha value is -1.07. The fourth-order valence-corrected chi connectivity index (χ4v) is 2.66. The first-order chi connectivity index (χ1) is 8.52. The van der Waals surface area contributed by atoms with Gasteiger partial charge in [0, 0.05) is 11.0 Å². The Labute approximate surface area is 118 Å². The number of fused-ring (bicyclic) bond motifs is 1. The van der Waals surface area contributed by atoms with Crippen LogP contribution in [-0.4, -0.2) is 15.8 Å². The molecule has 0 saturated heterocycles. The van der Waals surface area contributed by atoms with E-state index in [-0.39, 0.29) is 5.56 Å². The number of nitrogens with zero attached hydrogens (tertiary/aromatic N) is 2. The van der Waals surface area contributed by atoms with Gasteiger partial charge < -0.3 is 0 Å². The molecule has 18 heavy (non-hydrogen) atoms. The fourth-order valence-electron chi connectivity index (χ4n) is 1.74. The number of rotatable bonds is 3. The lowest BCUT2D eigenvalue weighted by Crippen LogP contribution is -2.23. The van der Waals surface area contributed by atoms with Crippen LogP contribution >= 0.6 is 27.7 Å². The molecular formula is C13H13BrN2OS. The number of halogens is 1. The first kappa shape index (κ1) is 13.4. The summed E-state index contributed by atoms with van der Waals surface area (Å²) in [4.78, 5) is 17.0. The zero-order valence-electron chi connectivity index (χ0n) is 10.2. The van der Waals surface area contributed by atoms with Gasteiger partial charge >= 0.3 is 0 Å². The molecule has 0 fully saturated rings. The van der Waals surface area contributed by atoms with Gasteiger partial charge in [0.1, 0.15) is 0 Å². The van der Waals surface area contributed by atoms with Crippen molar-refractivity contribution in [2.45, 2.75) is 18.6 Å². The summed E-state index contributed by atoms with van der Waals surface area (Å²) in [5, 5.41) is 1.35. The Kier molecular flexibility index (Phi) is 3.92. The van der Waals surface area contributed by atoms with Crippen molar-refractivity contribution >= 4 is 38.6 Å². The van der Waals surface area contributed by atoms with Crippen molar-refractivity contribution in [3.63, 3.8) is 0 Å². The summed E-state index contributed by atoms with van der Waals surface area (Å²) >= 11 is 4.85. The normalized spacial score (nSPS) is 10.8. The number of thioether (sulfide) groups is 1. The first-order valence-electron chi connectivity index (χ1n) is 5.41. The highest BCUT2D eigenvalue weighted by atomic mass is 79.9. The Balaban J connectivity index is 2.79. The lowest BCUT2D eigenvalue weighted by molar-refractivity contribution is 0.652. The Morgan fingerprint density at radius 1 is 1.56 bits per heavy atom. The van der Waals surface area contributed by atoms with Gasteiger partial charge in [-0.2, -0.15) is 0 Å². The number of benzene rings is 1. The minimum absolute atomic E-state index is 0.0198. The van der Waals surface area contributed by atoms with Gasteiger partial charge in [0.05, 0.1) is 10.9 Å². The van der Waals surface area contributed by atoms with Crippen LogP contribution in [0, 0.1) is 0 Å². The van der Waals surface area contributed by atoms with E-state index in [4.69, 9.17) is 0 Å². The fraction of sp³-hybridized carbons (Fsp3) is 0.231. The summed E-state index contributed by atoms with van der Waals surface area (Å²) in [7, 11) is 0. The molecule has 5 heteroatoms. The molecule has 94 valence electrons. The Morgan fingerprint density at radius 2 is 2.28 bits per heavy atom. The average molecular weight is 325 g/mol. The monoisotopic (exact) mass is 324 g/mol. The predicted molar refractivity (Wildman–Crippen MR) is 80.3 cm³/mol. The summed E-state index contributed by atoms with van der Waals surface area (Å²) in [5.41, 5.74) is 1.64. The predicted octanol–water partition coefficient (Wildman–Crippen LogP) is 3.46. The van der Waals surface area contributed by atoms with E-state index < -0.39 is 0 Å². The van der Waals surface area contributed by atoms with Crippen molar-refractivity contribution in [1.82, 2.24) is 9.55 Å². The maximum absolute atomic E-state index is 12.4. The highest BCUT2D eigenvalue weighted by Crippen LogP contribution is 2.19. The SMILES string of the molecule is C=C(C)Cn1c(SC)nc2ccc(Br)cc2c1=O. The molecule has 1 aromatic heterocycles. The molecule has 0 saturated carbocycles. The summed E-state index contributed by atoms with van der Waals surface area (Å²) in [6.45, 7) is 6.27. The van der Waals surface area contributed by atoms with E-state index in [0.29, 0.717) is 11.9 Å². The molecule has 0 aliphatic carbocycles. The van der Waals surface area contributed by atoms with Gasteiger partial charge in [0.15, 0.2) is 5.16 Å². The third-order valence-electron chi connectivity index (χ3n) is 2.49. The van der Waals surface area contributed by atoms with Gasteiger partial charge in [-0.1, -0.05) is 39.8 Å². The number of allylic oxidation sites excluding steroid dienone is 1. The highest BCUT2D eigenvalue weighted by Gasteiger charge is 2.10. The molecule has 0 spiro atoms. The van der Waals surface area contributed by atoms with Crippen LogP contribution in [0.4, 0.5) is 0 Å². The molecule has 0 atom stereocenters. The van der Waals surface area contributed by atoms with Crippen molar-refractivity contribution in [2.75, 3.05) is 6.26 Å². The van der Waals surface area contributed by atoms with E-state index in [1.165, 1.54) is 11.8 Å². The molecule has 0 aliphatic heterocycles. The van der Waals surface area contributed by atoms with E-state index in [9.17, 15) is 4.79 Å². The van der Waals surface area contributed by atoms with Crippen molar-refractivity contribution < 1.29 is 0 Å². The van der Waals surface area contributed by atoms with Gasteiger partial charge in [-0.25, -0.2) is 4.98 Å².